The van der Waals surface area contributed by atoms with Crippen LogP contribution in [0.25, 0.3) is 5.57 Å². The van der Waals surface area contributed by atoms with E-state index in [-0.39, 0.29) is 12.8 Å². The summed E-state index contributed by atoms with van der Waals surface area (Å²) in [7, 11) is 6.71. The van der Waals surface area contributed by atoms with E-state index < -0.39 is 136 Å². The molecule has 0 aliphatic carbocycles. The molecule has 20 atom stereocenters. The molecular weight excluding hydrogens is 1110 g/mol. The number of methoxy groups -OCH3 is 2. The van der Waals surface area contributed by atoms with Crippen molar-refractivity contribution in [3.8, 4) is 0 Å². The van der Waals surface area contributed by atoms with Gasteiger partial charge in [-0.3, -0.25) is 4.79 Å². The number of benzene rings is 1. The van der Waals surface area contributed by atoms with Crippen LogP contribution in [0.5, 0.6) is 0 Å². The van der Waals surface area contributed by atoms with E-state index in [0.717, 1.165) is 23.1 Å². The highest BCUT2D eigenvalue weighted by Crippen LogP contribution is 2.40. The van der Waals surface area contributed by atoms with Gasteiger partial charge in [0, 0.05) is 64.2 Å². The number of esters is 1. The van der Waals surface area contributed by atoms with Gasteiger partial charge in [0.1, 0.15) is 54.2 Å². The third kappa shape index (κ3) is 14.7. The van der Waals surface area contributed by atoms with Gasteiger partial charge >= 0.3 is 5.97 Å². The van der Waals surface area contributed by atoms with E-state index >= 15 is 0 Å². The molecule has 3 saturated heterocycles. The first-order chi connectivity index (χ1) is 35.3. The number of likely N-dealkylation sites (N-methyl/N-ethyl adjacent to an activating group) is 2. The fraction of sp³-hybridized carbons (Fsp3) is 0.792. The van der Waals surface area contributed by atoms with Crippen LogP contribution in [-0.2, 0) is 55.5 Å². The molecule has 0 bridgehead atoms. The van der Waals surface area contributed by atoms with Gasteiger partial charge in [0.2, 0.25) is 0 Å². The van der Waals surface area contributed by atoms with Crippen molar-refractivity contribution in [2.24, 2.45) is 11.8 Å². The first-order valence-electron chi connectivity index (χ1n) is 26.3. The average Bonchev–Trinajstić information content (AvgIpc) is 3.85. The minimum Gasteiger partial charge on any atom is -0.616 e. The normalized spacial score (nSPS) is 40.0. The monoisotopic (exact) mass is 1190 g/mol. The molecule has 5 N–H and O–H groups in total. The Morgan fingerprint density at radius 2 is 1.73 bits per heavy atom. The van der Waals surface area contributed by atoms with Crippen molar-refractivity contribution >= 4 is 45.3 Å². The van der Waals surface area contributed by atoms with E-state index in [4.69, 9.17) is 33.2 Å². The number of nitrogens with zero attached hydrogens (tertiary/aromatic N) is 5. The van der Waals surface area contributed by atoms with Gasteiger partial charge < -0.3 is 73.0 Å². The number of allylic oxidation sites excluding steroid dienone is 1. The molecule has 19 nitrogen and oxygen atoms in total. The second-order valence-corrected chi connectivity index (χ2v) is 24.9. The standard InChI is InChI=1S/C53H85FIN5O14S/c1-30-26-39(59(10)23-18-38-29-60(57-56-38)40(28-54)44(68-11)37-16-14-35(15-17-37)36-19-24-75(67)25-20-36)42(61)49(70-30)73-47-31(2)43(72-41-27-52(7,69-12)46(63)34(5)71-41)32(3)48(64)74-50(55)53(8,66)45(62)33(4)58(9)22-13-21-51(47,6)65/h14-17,19,29-34,39-47,49-50,61-63,65-66H,13,18,20-28H2,1-12H3/t30-,31+,32-,33-,34+,39+,40-,41+,42?,43+,44-,45-,46+,47-,49+,50+,51-,52-,53+,75?/m1/s1. The number of hydrogen-bond donors (Lipinski definition) is 5. The van der Waals surface area contributed by atoms with Crippen LogP contribution in [0, 0.1) is 11.8 Å². The summed E-state index contributed by atoms with van der Waals surface area (Å²) < 4.78 is 70.9. The quantitative estimate of drug-likeness (QED) is 0.0724. The summed E-state index contributed by atoms with van der Waals surface area (Å²) in [4.78, 5) is 18.2. The second kappa shape index (κ2) is 26.5. The number of carbonyl (C=O) groups excluding carboxylic acids is 1. The number of ether oxygens (including phenoxy) is 7. The highest BCUT2D eigenvalue weighted by Gasteiger charge is 2.52. The second-order valence-electron chi connectivity index (χ2n) is 22.2. The lowest BCUT2D eigenvalue weighted by atomic mass is 9.79. The highest BCUT2D eigenvalue weighted by atomic mass is 127. The van der Waals surface area contributed by atoms with Crippen LogP contribution in [0.3, 0.4) is 0 Å². The van der Waals surface area contributed by atoms with Crippen molar-refractivity contribution in [3.63, 3.8) is 0 Å². The summed E-state index contributed by atoms with van der Waals surface area (Å²) in [6.07, 6.45) is -3.87. The SMILES string of the molecule is CO[C@H](c1ccc(C2=CC[S+]([O-])CC2)cc1)[C@@H](CF)n1cc(CCN(C)[C@H]2C[C@@H](C)O[C@@H](O[C@@H]3[C@@H](C)[C@H](O[C@H]4C[C@@](C)(OC)[C@@H](O)[C@H](C)O4)[C@@H](C)C(=O)O[C@H](I)[C@@](C)(O)[C@H](O)[C@@H](C)N(C)CCC[C@@]3(C)O)C2O)nn1. The predicted octanol–water partition coefficient (Wildman–Crippen LogP) is 4.28. The van der Waals surface area contributed by atoms with Crippen LogP contribution < -0.4 is 0 Å². The van der Waals surface area contributed by atoms with E-state index in [1.54, 1.807) is 54.8 Å². The molecule has 0 spiro atoms. The zero-order valence-electron chi connectivity index (χ0n) is 45.8. The fourth-order valence-electron chi connectivity index (χ4n) is 11.2. The molecule has 75 heavy (non-hydrogen) atoms. The Hall–Kier alpha value is -1.98. The van der Waals surface area contributed by atoms with Gasteiger partial charge in [-0.25, -0.2) is 9.07 Å². The fourth-order valence-corrected chi connectivity index (χ4v) is 12.8. The Labute approximate surface area is 459 Å². The van der Waals surface area contributed by atoms with Crippen LogP contribution in [0.2, 0.25) is 0 Å². The first-order valence-corrected chi connectivity index (χ1v) is 29.0. The number of rotatable bonds is 15. The van der Waals surface area contributed by atoms with Crippen LogP contribution in [-0.4, -0.2) is 209 Å². The van der Waals surface area contributed by atoms with E-state index in [1.165, 1.54) is 25.8 Å². The van der Waals surface area contributed by atoms with Gasteiger partial charge in [0.05, 0.1) is 47.2 Å². The van der Waals surface area contributed by atoms with Gasteiger partial charge in [-0.05, 0) is 145 Å². The van der Waals surface area contributed by atoms with E-state index in [9.17, 15) is 39.3 Å². The predicted molar refractivity (Wildman–Crippen MR) is 288 cm³/mol. The molecule has 6 rings (SSSR count). The number of halogens is 2. The lowest BCUT2D eigenvalue weighted by Crippen LogP contribution is -2.60. The van der Waals surface area contributed by atoms with Crippen molar-refractivity contribution in [1.82, 2.24) is 24.8 Å². The van der Waals surface area contributed by atoms with Gasteiger partial charge in [-0.1, -0.05) is 36.4 Å². The zero-order chi connectivity index (χ0) is 55.3. The number of aromatic nitrogens is 3. The maximum atomic E-state index is 14.9. The highest BCUT2D eigenvalue weighted by molar-refractivity contribution is 14.1. The third-order valence-electron chi connectivity index (χ3n) is 16.4. The summed E-state index contributed by atoms with van der Waals surface area (Å²) in [5.41, 5.74) is -1.02. The van der Waals surface area contributed by atoms with Crippen molar-refractivity contribution < 1.29 is 72.4 Å². The molecule has 0 amide bonds. The summed E-state index contributed by atoms with van der Waals surface area (Å²) in [6.45, 7) is 13.6. The maximum Gasteiger partial charge on any atom is 0.312 e. The van der Waals surface area contributed by atoms with E-state index in [2.05, 4.69) is 10.3 Å². The van der Waals surface area contributed by atoms with Gasteiger partial charge in [0.15, 0.2) is 16.7 Å². The number of alkyl halides is 2. The van der Waals surface area contributed by atoms with Crippen molar-refractivity contribution in [1.29, 1.82) is 0 Å². The molecule has 5 heterocycles. The first kappa shape index (κ1) is 62.2. The molecule has 0 saturated carbocycles. The lowest BCUT2D eigenvalue weighted by Gasteiger charge is -2.48. The lowest BCUT2D eigenvalue weighted by molar-refractivity contribution is -0.317. The number of hydrogen-bond acceptors (Lipinski definition) is 18. The summed E-state index contributed by atoms with van der Waals surface area (Å²) >= 11 is 0.988. The Kier molecular flexibility index (Phi) is 22.0. The minimum atomic E-state index is -1.87. The minimum absolute atomic E-state index is 0.0817. The van der Waals surface area contributed by atoms with Crippen LogP contribution in [0.1, 0.15) is 116 Å². The molecule has 22 heteroatoms. The molecule has 4 aliphatic rings. The number of aliphatic hydroxyl groups excluding tert-OH is 3. The summed E-state index contributed by atoms with van der Waals surface area (Å²) in [5, 5.41) is 67.8. The van der Waals surface area contributed by atoms with E-state index in [1.807, 2.05) is 76.7 Å². The molecule has 1 aromatic carbocycles. The number of carbonyl (C=O) groups is 1. The molecule has 1 aromatic heterocycles. The van der Waals surface area contributed by atoms with Crippen molar-refractivity contribution in [3.05, 3.63) is 53.4 Å². The Balaban J connectivity index is 1.22. The summed E-state index contributed by atoms with van der Waals surface area (Å²) in [5.74, 6) is -1.51. The Morgan fingerprint density at radius 1 is 1.04 bits per heavy atom. The Bertz CT molecular complexity index is 2170. The van der Waals surface area contributed by atoms with Gasteiger partial charge in [-0.2, -0.15) is 0 Å². The molecule has 426 valence electrons. The number of cyclic esters (lactones) is 1. The Morgan fingerprint density at radius 3 is 2.36 bits per heavy atom. The third-order valence-corrected chi connectivity index (χ3v) is 19.2. The molecule has 4 aliphatic heterocycles. The van der Waals surface area contributed by atoms with Crippen molar-refractivity contribution in [2.75, 3.05) is 59.6 Å². The topological polar surface area (TPSA) is 243 Å². The van der Waals surface area contributed by atoms with Crippen LogP contribution in [0.4, 0.5) is 4.39 Å². The van der Waals surface area contributed by atoms with Crippen LogP contribution in [0.15, 0.2) is 36.5 Å². The maximum absolute atomic E-state index is 14.9. The average molecular weight is 1190 g/mol. The molecule has 3 fully saturated rings. The molecule has 2 aromatic rings. The smallest absolute Gasteiger partial charge is 0.312 e. The molecule has 0 radical (unpaired) electrons. The molecule has 2 unspecified atom stereocenters. The zero-order valence-corrected chi connectivity index (χ0v) is 48.8. The summed E-state index contributed by atoms with van der Waals surface area (Å²) in [6, 6.07) is 5.94. The van der Waals surface area contributed by atoms with Crippen LogP contribution >= 0.6 is 22.6 Å². The van der Waals surface area contributed by atoms with E-state index in [0.29, 0.717) is 49.6 Å². The van der Waals surface area contributed by atoms with Gasteiger partial charge in [-0.15, -0.1) is 5.10 Å². The van der Waals surface area contributed by atoms with Gasteiger partial charge in [0.25, 0.3) is 0 Å². The largest absolute Gasteiger partial charge is 0.616 e. The molecular formula is C53H85FIN5O14S. The number of aliphatic hydroxyl groups is 5. The van der Waals surface area contributed by atoms with Crippen molar-refractivity contribution in [2.45, 2.75) is 194 Å².